The highest BCUT2D eigenvalue weighted by Crippen LogP contribution is 2.30. The molecular weight excluding hydrogens is 386 g/mol. The van der Waals surface area contributed by atoms with Crippen LogP contribution in [0.4, 0.5) is 19.6 Å². The second kappa shape index (κ2) is 8.71. The van der Waals surface area contributed by atoms with E-state index in [0.29, 0.717) is 5.69 Å². The van der Waals surface area contributed by atoms with Gasteiger partial charge in [-0.2, -0.15) is 0 Å². The fourth-order valence-corrected chi connectivity index (χ4v) is 3.37. The first-order valence-corrected chi connectivity index (χ1v) is 9.22. The van der Waals surface area contributed by atoms with Crippen LogP contribution in [0.25, 0.3) is 0 Å². The molecular formula is C20H16F2N2O3S. The van der Waals surface area contributed by atoms with E-state index in [1.165, 1.54) is 43.3 Å². The normalized spacial score (nSPS) is 10.5. The van der Waals surface area contributed by atoms with Gasteiger partial charge >= 0.3 is 5.97 Å². The van der Waals surface area contributed by atoms with Crippen LogP contribution in [-0.4, -0.2) is 16.9 Å². The molecule has 3 rings (SSSR count). The van der Waals surface area contributed by atoms with Crippen LogP contribution >= 0.6 is 11.3 Å². The summed E-state index contributed by atoms with van der Waals surface area (Å²) in [6.07, 6.45) is -0.196. The zero-order valence-corrected chi connectivity index (χ0v) is 15.7. The zero-order valence-electron chi connectivity index (χ0n) is 14.9. The Morgan fingerprint density at radius 1 is 1.07 bits per heavy atom. The molecule has 0 aliphatic heterocycles. The third-order valence-electron chi connectivity index (χ3n) is 3.81. The van der Waals surface area contributed by atoms with Crippen LogP contribution in [-0.2, 0) is 27.4 Å². The quantitative estimate of drug-likeness (QED) is 0.574. The van der Waals surface area contributed by atoms with E-state index in [0.717, 1.165) is 16.2 Å². The average molecular weight is 402 g/mol. The minimum absolute atomic E-state index is 0.0902. The van der Waals surface area contributed by atoms with Crippen LogP contribution in [0.2, 0.25) is 0 Å². The number of aromatic nitrogens is 1. The van der Waals surface area contributed by atoms with Gasteiger partial charge in [-0.05, 0) is 23.8 Å². The average Bonchev–Trinajstić information content (AvgIpc) is 3.12. The summed E-state index contributed by atoms with van der Waals surface area (Å²) in [7, 11) is 0. The van der Waals surface area contributed by atoms with Crippen molar-refractivity contribution < 1.29 is 23.1 Å². The van der Waals surface area contributed by atoms with E-state index >= 15 is 0 Å². The minimum Gasteiger partial charge on any atom is -0.459 e. The molecule has 0 atom stereocenters. The van der Waals surface area contributed by atoms with Gasteiger partial charge in [-0.3, -0.25) is 14.5 Å². The number of anilines is 2. The van der Waals surface area contributed by atoms with Crippen LogP contribution in [0.5, 0.6) is 0 Å². The third kappa shape index (κ3) is 4.58. The van der Waals surface area contributed by atoms with Gasteiger partial charge in [0.1, 0.15) is 18.2 Å². The van der Waals surface area contributed by atoms with Crippen molar-refractivity contribution in [3.8, 4) is 0 Å². The summed E-state index contributed by atoms with van der Waals surface area (Å²) in [5, 5.41) is 1.88. The number of esters is 1. The Balaban J connectivity index is 1.68. The maximum atomic E-state index is 14.1. The zero-order chi connectivity index (χ0) is 20.1. The molecule has 144 valence electrons. The number of carbonyl (C=O) groups is 2. The van der Waals surface area contributed by atoms with Gasteiger partial charge in [-0.1, -0.05) is 30.3 Å². The summed E-state index contributed by atoms with van der Waals surface area (Å²) in [5.74, 6) is -2.03. The number of rotatable bonds is 6. The lowest BCUT2D eigenvalue weighted by atomic mass is 10.1. The van der Waals surface area contributed by atoms with Crippen molar-refractivity contribution in [1.82, 2.24) is 4.98 Å². The molecule has 0 bridgehead atoms. The minimum atomic E-state index is -0.600. The highest BCUT2D eigenvalue weighted by Gasteiger charge is 2.21. The first-order chi connectivity index (χ1) is 13.5. The first kappa shape index (κ1) is 19.6. The number of para-hydroxylation sites is 1. The highest BCUT2D eigenvalue weighted by molar-refractivity contribution is 7.14. The molecule has 3 aromatic rings. The lowest BCUT2D eigenvalue weighted by molar-refractivity contribution is -0.144. The van der Waals surface area contributed by atoms with Crippen LogP contribution in [0.15, 0.2) is 53.9 Å². The Morgan fingerprint density at radius 3 is 2.43 bits per heavy atom. The van der Waals surface area contributed by atoms with E-state index in [4.69, 9.17) is 4.74 Å². The van der Waals surface area contributed by atoms with Crippen molar-refractivity contribution >= 4 is 34.0 Å². The topological polar surface area (TPSA) is 59.5 Å². The molecule has 0 unspecified atom stereocenters. The van der Waals surface area contributed by atoms with Crippen LogP contribution in [0, 0.1) is 11.6 Å². The summed E-state index contributed by atoms with van der Waals surface area (Å²) in [6.45, 7) is 1.18. The molecule has 0 N–H and O–H groups in total. The van der Waals surface area contributed by atoms with Gasteiger partial charge in [-0.25, -0.2) is 13.8 Å². The monoisotopic (exact) mass is 402 g/mol. The van der Waals surface area contributed by atoms with Crippen molar-refractivity contribution in [2.24, 2.45) is 0 Å². The SMILES string of the molecule is CC(=O)N(c1nc(COC(=O)Cc2ccccc2F)cs1)c1ccccc1F. The van der Waals surface area contributed by atoms with Crippen molar-refractivity contribution in [2.75, 3.05) is 4.90 Å². The lowest BCUT2D eigenvalue weighted by Gasteiger charge is -2.18. The van der Waals surface area contributed by atoms with Gasteiger partial charge in [0.2, 0.25) is 5.91 Å². The summed E-state index contributed by atoms with van der Waals surface area (Å²) in [4.78, 5) is 29.3. The summed E-state index contributed by atoms with van der Waals surface area (Å²) < 4.78 is 32.8. The molecule has 0 radical (unpaired) electrons. The van der Waals surface area contributed by atoms with Gasteiger partial charge in [0, 0.05) is 12.3 Å². The number of hydrogen-bond donors (Lipinski definition) is 0. The Labute approximate surface area is 164 Å². The van der Waals surface area contributed by atoms with Crippen LogP contribution in [0.1, 0.15) is 18.2 Å². The lowest BCUT2D eigenvalue weighted by Crippen LogP contribution is -2.23. The molecule has 1 amide bonds. The number of carbonyl (C=O) groups excluding carboxylic acids is 2. The predicted molar refractivity (Wildman–Crippen MR) is 101 cm³/mol. The van der Waals surface area contributed by atoms with Gasteiger partial charge in [-0.15, -0.1) is 11.3 Å². The van der Waals surface area contributed by atoms with Crippen molar-refractivity contribution in [2.45, 2.75) is 20.0 Å². The number of amides is 1. The molecule has 0 aliphatic rings. The Hall–Kier alpha value is -3.13. The fourth-order valence-electron chi connectivity index (χ4n) is 2.51. The van der Waals surface area contributed by atoms with Crippen molar-refractivity contribution in [3.63, 3.8) is 0 Å². The Kier molecular flexibility index (Phi) is 6.10. The van der Waals surface area contributed by atoms with E-state index in [1.807, 2.05) is 0 Å². The summed E-state index contributed by atoms with van der Waals surface area (Å²) in [5.41, 5.74) is 0.741. The third-order valence-corrected chi connectivity index (χ3v) is 4.69. The van der Waals surface area contributed by atoms with E-state index in [9.17, 15) is 18.4 Å². The number of halogens is 2. The number of benzene rings is 2. The summed E-state index contributed by atoms with van der Waals surface area (Å²) >= 11 is 1.12. The fraction of sp³-hybridized carbons (Fsp3) is 0.150. The predicted octanol–water partition coefficient (Wildman–Crippen LogP) is 4.39. The van der Waals surface area contributed by atoms with Crippen molar-refractivity contribution in [1.29, 1.82) is 0 Å². The second-order valence-electron chi connectivity index (χ2n) is 5.86. The standard InChI is InChI=1S/C20H16F2N2O3S/c1-13(25)24(18-9-5-4-8-17(18)22)20-23-15(12-28-20)11-27-19(26)10-14-6-2-3-7-16(14)21/h2-9,12H,10-11H2,1H3. The van der Waals surface area contributed by atoms with E-state index in [2.05, 4.69) is 4.98 Å². The molecule has 0 saturated heterocycles. The van der Waals surface area contributed by atoms with Crippen molar-refractivity contribution in [3.05, 3.63) is 76.8 Å². The first-order valence-electron chi connectivity index (χ1n) is 8.34. The molecule has 0 fully saturated rings. The second-order valence-corrected chi connectivity index (χ2v) is 6.69. The Morgan fingerprint density at radius 2 is 1.75 bits per heavy atom. The molecule has 1 heterocycles. The maximum Gasteiger partial charge on any atom is 0.310 e. The van der Waals surface area contributed by atoms with Gasteiger partial charge in [0.15, 0.2) is 5.13 Å². The molecule has 28 heavy (non-hydrogen) atoms. The van der Waals surface area contributed by atoms with Gasteiger partial charge in [0.05, 0.1) is 17.8 Å². The molecule has 1 aromatic heterocycles. The smallest absolute Gasteiger partial charge is 0.310 e. The number of nitrogens with zero attached hydrogens (tertiary/aromatic N) is 2. The molecule has 8 heteroatoms. The molecule has 0 aliphatic carbocycles. The van der Waals surface area contributed by atoms with E-state index in [-0.39, 0.29) is 29.4 Å². The summed E-state index contributed by atoms with van der Waals surface area (Å²) in [6, 6.07) is 11.8. The number of thiazole rings is 1. The Bertz CT molecular complexity index is 1010. The molecule has 0 spiro atoms. The van der Waals surface area contributed by atoms with Gasteiger partial charge < -0.3 is 4.74 Å². The number of ether oxygens (including phenoxy) is 1. The molecule has 2 aromatic carbocycles. The van der Waals surface area contributed by atoms with E-state index < -0.39 is 23.5 Å². The molecule has 0 saturated carbocycles. The van der Waals surface area contributed by atoms with Gasteiger partial charge in [0.25, 0.3) is 0 Å². The van der Waals surface area contributed by atoms with Crippen LogP contribution in [0.3, 0.4) is 0 Å². The van der Waals surface area contributed by atoms with Crippen LogP contribution < -0.4 is 4.90 Å². The van der Waals surface area contributed by atoms with E-state index in [1.54, 1.807) is 17.5 Å². The molecule has 5 nitrogen and oxygen atoms in total. The number of hydrogen-bond acceptors (Lipinski definition) is 5. The maximum absolute atomic E-state index is 14.1. The largest absolute Gasteiger partial charge is 0.459 e. The highest BCUT2D eigenvalue weighted by atomic mass is 32.1.